The molecular weight excluding hydrogens is 266 g/mol. The number of nitrogens with one attached hydrogen (secondary N) is 1. The number of rotatable bonds is 7. The summed E-state index contributed by atoms with van der Waals surface area (Å²) in [5, 5.41) is 8.56. The molecule has 1 aromatic carbocycles. The van der Waals surface area contributed by atoms with Gasteiger partial charge in [-0.3, -0.25) is 4.72 Å². The topological polar surface area (TPSA) is 49.3 Å². The smallest absolute Gasteiger partial charge is 0.415 e. The van der Waals surface area contributed by atoms with Gasteiger partial charge in [-0.1, -0.05) is 38.8 Å². The van der Waals surface area contributed by atoms with E-state index in [1.807, 2.05) is 6.07 Å². The van der Waals surface area contributed by atoms with E-state index < -0.39 is 6.09 Å². The van der Waals surface area contributed by atoms with E-state index >= 15 is 0 Å². The van der Waals surface area contributed by atoms with E-state index in [-0.39, 0.29) is 0 Å². The van der Waals surface area contributed by atoms with Crippen molar-refractivity contribution in [3.8, 4) is 0 Å². The summed E-state index contributed by atoms with van der Waals surface area (Å²) < 4.78 is 2.31. The summed E-state index contributed by atoms with van der Waals surface area (Å²) >= 11 is 0. The van der Waals surface area contributed by atoms with Crippen molar-refractivity contribution in [1.82, 2.24) is 4.72 Å². The summed E-state index contributed by atoms with van der Waals surface area (Å²) in [7, 11) is 2.63. The van der Waals surface area contributed by atoms with Gasteiger partial charge in [-0.2, -0.15) is 0 Å². The first kappa shape index (κ1) is 15.2. The van der Waals surface area contributed by atoms with Gasteiger partial charge in [-0.05, 0) is 40.8 Å². The van der Waals surface area contributed by atoms with Crippen LogP contribution in [-0.2, 0) is 12.8 Å². The Bertz CT molecular complexity index is 397. The standard InChI is InChI=1S/C13H19NO2S2/c1-3-6-10-8-5-9-12(11(10)7-4-2)17-18-14-13(15)16/h5,8-9,14H,3-4,6-7H2,1-2H3,(H,15,16). The SMILES string of the molecule is CCCc1cccc(SSNC(=O)O)c1CCC. The molecule has 0 fully saturated rings. The van der Waals surface area contributed by atoms with Gasteiger partial charge in [0.25, 0.3) is 0 Å². The van der Waals surface area contributed by atoms with E-state index in [4.69, 9.17) is 5.11 Å². The summed E-state index contributed by atoms with van der Waals surface area (Å²) in [5.74, 6) is 0. The predicted molar refractivity (Wildman–Crippen MR) is 79.0 cm³/mol. The number of carboxylic acid groups (broad SMARTS) is 1. The molecule has 0 bridgehead atoms. The highest BCUT2D eigenvalue weighted by Crippen LogP contribution is 2.34. The second-order valence-corrected chi connectivity index (χ2v) is 5.94. The molecule has 100 valence electrons. The lowest BCUT2D eigenvalue weighted by molar-refractivity contribution is 0.202. The van der Waals surface area contributed by atoms with Crippen LogP contribution in [0.25, 0.3) is 0 Å². The van der Waals surface area contributed by atoms with E-state index in [1.165, 1.54) is 26.8 Å². The minimum Gasteiger partial charge on any atom is -0.464 e. The first-order valence-electron chi connectivity index (χ1n) is 6.12. The summed E-state index contributed by atoms with van der Waals surface area (Å²) in [5.41, 5.74) is 2.76. The van der Waals surface area contributed by atoms with Crippen LogP contribution in [0.1, 0.15) is 37.8 Å². The fraction of sp³-hybridized carbons (Fsp3) is 0.462. The Morgan fingerprint density at radius 2 is 2.00 bits per heavy atom. The molecule has 0 heterocycles. The molecule has 0 aliphatic heterocycles. The third-order valence-corrected chi connectivity index (χ3v) is 4.45. The number of hydrogen-bond donors (Lipinski definition) is 2. The van der Waals surface area contributed by atoms with Gasteiger partial charge in [0.2, 0.25) is 0 Å². The molecule has 0 atom stereocenters. The summed E-state index contributed by atoms with van der Waals surface area (Å²) in [6, 6.07) is 6.28. The van der Waals surface area contributed by atoms with E-state index in [0.29, 0.717) is 0 Å². The Morgan fingerprint density at radius 3 is 2.61 bits per heavy atom. The number of amides is 1. The van der Waals surface area contributed by atoms with Crippen molar-refractivity contribution >= 4 is 27.9 Å². The van der Waals surface area contributed by atoms with Crippen molar-refractivity contribution in [1.29, 1.82) is 0 Å². The average Bonchev–Trinajstić information content (AvgIpc) is 2.33. The van der Waals surface area contributed by atoms with Crippen molar-refractivity contribution in [3.63, 3.8) is 0 Å². The van der Waals surface area contributed by atoms with E-state index in [1.54, 1.807) is 0 Å². The number of carbonyl (C=O) groups is 1. The molecule has 1 rings (SSSR count). The highest BCUT2D eigenvalue weighted by molar-refractivity contribution is 8.76. The zero-order chi connectivity index (χ0) is 13.4. The Morgan fingerprint density at radius 1 is 1.28 bits per heavy atom. The van der Waals surface area contributed by atoms with Crippen LogP contribution in [0.4, 0.5) is 4.79 Å². The third kappa shape index (κ3) is 4.82. The number of hydrogen-bond acceptors (Lipinski definition) is 3. The third-order valence-electron chi connectivity index (χ3n) is 2.51. The monoisotopic (exact) mass is 285 g/mol. The zero-order valence-electron chi connectivity index (χ0n) is 10.7. The summed E-state index contributed by atoms with van der Waals surface area (Å²) in [6.45, 7) is 4.34. The van der Waals surface area contributed by atoms with Gasteiger partial charge in [0.1, 0.15) is 0 Å². The van der Waals surface area contributed by atoms with Gasteiger partial charge in [0.05, 0.1) is 0 Å². The molecule has 1 aromatic rings. The fourth-order valence-electron chi connectivity index (χ4n) is 1.83. The average molecular weight is 285 g/mol. The van der Waals surface area contributed by atoms with Crippen LogP contribution in [0.2, 0.25) is 0 Å². The maximum atomic E-state index is 10.4. The second kappa shape index (κ2) is 8.32. The van der Waals surface area contributed by atoms with Gasteiger partial charge in [-0.25, -0.2) is 4.79 Å². The van der Waals surface area contributed by atoms with Crippen molar-refractivity contribution in [2.45, 2.75) is 44.4 Å². The zero-order valence-corrected chi connectivity index (χ0v) is 12.4. The molecule has 1 amide bonds. The first-order chi connectivity index (χ1) is 8.69. The molecule has 0 aliphatic carbocycles. The highest BCUT2D eigenvalue weighted by Gasteiger charge is 2.08. The summed E-state index contributed by atoms with van der Waals surface area (Å²) in [4.78, 5) is 11.6. The van der Waals surface area contributed by atoms with E-state index in [9.17, 15) is 4.79 Å². The maximum Gasteiger partial charge on any atom is 0.415 e. The van der Waals surface area contributed by atoms with Crippen molar-refractivity contribution in [2.24, 2.45) is 0 Å². The van der Waals surface area contributed by atoms with Crippen LogP contribution in [0, 0.1) is 0 Å². The molecule has 0 spiro atoms. The van der Waals surface area contributed by atoms with Gasteiger partial charge in [0.15, 0.2) is 0 Å². The van der Waals surface area contributed by atoms with E-state index in [0.717, 1.165) is 36.7 Å². The molecule has 0 radical (unpaired) electrons. The Balaban J connectivity index is 2.80. The molecule has 0 saturated carbocycles. The summed E-state index contributed by atoms with van der Waals surface area (Å²) in [6.07, 6.45) is 3.36. The predicted octanol–water partition coefficient (Wildman–Crippen LogP) is 4.51. The lowest BCUT2D eigenvalue weighted by atomic mass is 10.00. The van der Waals surface area contributed by atoms with Crippen LogP contribution in [0.5, 0.6) is 0 Å². The molecule has 2 N–H and O–H groups in total. The highest BCUT2D eigenvalue weighted by atomic mass is 33.1. The van der Waals surface area contributed by atoms with Crippen molar-refractivity contribution < 1.29 is 9.90 Å². The molecule has 18 heavy (non-hydrogen) atoms. The van der Waals surface area contributed by atoms with Gasteiger partial charge >= 0.3 is 6.09 Å². The minimum absolute atomic E-state index is 1.01. The van der Waals surface area contributed by atoms with Gasteiger partial charge < -0.3 is 5.11 Å². The lowest BCUT2D eigenvalue weighted by Gasteiger charge is -2.12. The number of aryl methyl sites for hydroxylation is 1. The van der Waals surface area contributed by atoms with Crippen LogP contribution in [-0.4, -0.2) is 11.2 Å². The van der Waals surface area contributed by atoms with E-state index in [2.05, 4.69) is 30.7 Å². The van der Waals surface area contributed by atoms with Crippen LogP contribution in [0.15, 0.2) is 23.1 Å². The second-order valence-electron chi connectivity index (χ2n) is 3.97. The molecular formula is C13H19NO2S2. The Hall–Kier alpha value is -0.810. The molecule has 3 nitrogen and oxygen atoms in total. The molecule has 0 saturated heterocycles. The van der Waals surface area contributed by atoms with Gasteiger partial charge in [0, 0.05) is 15.9 Å². The van der Waals surface area contributed by atoms with Crippen molar-refractivity contribution in [2.75, 3.05) is 0 Å². The normalized spacial score (nSPS) is 10.3. The minimum atomic E-state index is -1.01. The van der Waals surface area contributed by atoms with Gasteiger partial charge in [-0.15, -0.1) is 0 Å². The van der Waals surface area contributed by atoms with Crippen molar-refractivity contribution in [3.05, 3.63) is 29.3 Å². The largest absolute Gasteiger partial charge is 0.464 e. The van der Waals surface area contributed by atoms with Crippen LogP contribution < -0.4 is 4.72 Å². The van der Waals surface area contributed by atoms with Crippen LogP contribution >= 0.6 is 21.8 Å². The molecule has 0 aromatic heterocycles. The molecule has 5 heteroatoms. The Kier molecular flexibility index (Phi) is 7.05. The quantitative estimate of drug-likeness (QED) is 0.571. The molecule has 0 aliphatic rings. The van der Waals surface area contributed by atoms with Crippen LogP contribution in [0.3, 0.4) is 0 Å². The maximum absolute atomic E-state index is 10.4. The Labute approximate surface area is 116 Å². The number of benzene rings is 1. The fourth-order valence-corrected chi connectivity index (χ4v) is 3.58. The molecule has 0 unspecified atom stereocenters. The first-order valence-corrected chi connectivity index (χ1v) is 8.27. The lowest BCUT2D eigenvalue weighted by Crippen LogP contribution is -2.09.